The fraction of sp³-hybridized carbons (Fsp3) is 0. The lowest BCUT2D eigenvalue weighted by Gasteiger charge is -2.05. The minimum absolute atomic E-state index is 0.581. The zero-order valence-electron chi connectivity index (χ0n) is 14.2. The van der Waals surface area contributed by atoms with E-state index in [1.165, 1.54) is 0 Å². The van der Waals surface area contributed by atoms with Gasteiger partial charge in [0.1, 0.15) is 11.5 Å². The van der Waals surface area contributed by atoms with Gasteiger partial charge in [-0.3, -0.25) is 40.5 Å². The van der Waals surface area contributed by atoms with E-state index in [0.717, 1.165) is 0 Å². The lowest BCUT2D eigenvalue weighted by molar-refractivity contribution is -0.394. The Morgan fingerprint density at radius 3 is 0.967 bits per heavy atom. The van der Waals surface area contributed by atoms with E-state index in [4.69, 9.17) is 0 Å². The largest absolute Gasteiger partial charge is 0.423 e. The Labute approximate surface area is 162 Å². The number of nitrogens with zero attached hydrogens (tertiary/aromatic N) is 4. The predicted octanol–water partition coefficient (Wildman–Crippen LogP) is 1.83. The van der Waals surface area contributed by atoms with Gasteiger partial charge in [0, 0.05) is 0 Å². The molecule has 2 rings (SSSR count). The molecule has 0 aliphatic heterocycles. The van der Waals surface area contributed by atoms with Gasteiger partial charge >= 0.3 is 11.9 Å². The molecule has 0 aromatic heterocycles. The molecule has 0 saturated carbocycles. The van der Waals surface area contributed by atoms with Crippen molar-refractivity contribution < 1.29 is 38.8 Å². The van der Waals surface area contributed by atoms with Gasteiger partial charge in [-0.15, -0.1) is 0 Å². The number of rotatable bonds is 6. The highest BCUT2D eigenvalue weighted by atomic mass is 16.6. The maximum Gasteiger partial charge on any atom is 0.423 e. The highest BCUT2D eigenvalue weighted by Crippen LogP contribution is 2.29. The number of nitro benzene ring substituents is 4. The van der Waals surface area contributed by atoms with E-state index in [-0.39, 0.29) is 0 Å². The Kier molecular flexibility index (Phi) is 5.91. The Morgan fingerprint density at radius 1 is 0.533 bits per heavy atom. The zero-order chi connectivity index (χ0) is 22.6. The van der Waals surface area contributed by atoms with Crippen LogP contribution in [0.25, 0.3) is 0 Å². The van der Waals surface area contributed by atoms with Crippen molar-refractivity contribution in [2.24, 2.45) is 0 Å². The quantitative estimate of drug-likeness (QED) is 0.213. The van der Waals surface area contributed by atoms with Crippen molar-refractivity contribution in [3.05, 3.63) is 76.9 Å². The molecule has 2 aromatic rings. The molecule has 16 nitrogen and oxygen atoms in total. The monoisotopic (exact) mass is 422 g/mol. The summed E-state index contributed by atoms with van der Waals surface area (Å²) in [6, 6.07) is 3.65. The van der Waals surface area contributed by atoms with Crippen molar-refractivity contribution in [3.63, 3.8) is 0 Å². The van der Waals surface area contributed by atoms with E-state index in [2.05, 4.69) is 9.47 Å². The SMILES string of the molecule is O=C(Oc1cc([N+](=O)[O-])cc([N+](=O)[O-])c1)C(=O)Oc1cc([N+](=O)[O-])cc([N+](=O)[O-])c1. The van der Waals surface area contributed by atoms with E-state index in [0.29, 0.717) is 36.4 Å². The molecule has 0 fully saturated rings. The van der Waals surface area contributed by atoms with Crippen LogP contribution in [-0.4, -0.2) is 31.6 Å². The average Bonchev–Trinajstić information content (AvgIpc) is 2.67. The van der Waals surface area contributed by atoms with Crippen molar-refractivity contribution in [1.82, 2.24) is 0 Å². The van der Waals surface area contributed by atoms with Gasteiger partial charge in [0.25, 0.3) is 22.7 Å². The van der Waals surface area contributed by atoms with Crippen LogP contribution in [0.2, 0.25) is 0 Å². The van der Waals surface area contributed by atoms with Crippen molar-refractivity contribution in [3.8, 4) is 11.5 Å². The van der Waals surface area contributed by atoms with E-state index in [1.807, 2.05) is 0 Å². The molecule has 2 aromatic carbocycles. The van der Waals surface area contributed by atoms with Crippen LogP contribution in [0.1, 0.15) is 0 Å². The molecule has 0 spiro atoms. The van der Waals surface area contributed by atoms with E-state index < -0.39 is 65.9 Å². The Hall–Kier alpha value is -5.02. The van der Waals surface area contributed by atoms with Crippen LogP contribution in [0, 0.1) is 40.5 Å². The van der Waals surface area contributed by atoms with Crippen LogP contribution < -0.4 is 9.47 Å². The first-order chi connectivity index (χ1) is 14.0. The zero-order valence-corrected chi connectivity index (χ0v) is 14.2. The lowest BCUT2D eigenvalue weighted by Crippen LogP contribution is -2.25. The van der Waals surface area contributed by atoms with Gasteiger partial charge in [-0.1, -0.05) is 0 Å². The molecule has 0 saturated heterocycles. The standard InChI is InChI=1S/C14H6N4O12/c19-13(29-11-3-7(15(21)22)1-8(4-11)16(23)24)14(20)30-12-5-9(17(25)26)2-10(6-12)18(27)28/h1-6H. The van der Waals surface area contributed by atoms with Gasteiger partial charge in [-0.2, -0.15) is 0 Å². The Morgan fingerprint density at radius 2 is 0.767 bits per heavy atom. The molecule has 0 heterocycles. The van der Waals surface area contributed by atoms with E-state index in [9.17, 15) is 50.0 Å². The second-order valence-corrected chi connectivity index (χ2v) is 5.18. The molecule has 154 valence electrons. The van der Waals surface area contributed by atoms with Gasteiger partial charge in [0.05, 0.1) is 56.1 Å². The molecule has 0 amide bonds. The first-order valence-corrected chi connectivity index (χ1v) is 7.29. The molecule has 0 aliphatic rings. The molecule has 0 unspecified atom stereocenters. The number of carbonyl (C=O) groups is 2. The van der Waals surface area contributed by atoms with Gasteiger partial charge in [0.2, 0.25) is 0 Å². The van der Waals surface area contributed by atoms with Crippen molar-refractivity contribution in [1.29, 1.82) is 0 Å². The first-order valence-electron chi connectivity index (χ1n) is 7.29. The number of hydrogen-bond donors (Lipinski definition) is 0. The Balaban J connectivity index is 2.26. The number of hydrogen-bond acceptors (Lipinski definition) is 12. The predicted molar refractivity (Wildman–Crippen MR) is 90.8 cm³/mol. The molecule has 0 N–H and O–H groups in total. The van der Waals surface area contributed by atoms with Gasteiger partial charge in [-0.25, -0.2) is 9.59 Å². The summed E-state index contributed by atoms with van der Waals surface area (Å²) < 4.78 is 8.99. The molecular formula is C14H6N4O12. The van der Waals surface area contributed by atoms with Crippen LogP contribution in [0.15, 0.2) is 36.4 Å². The van der Waals surface area contributed by atoms with Gasteiger partial charge < -0.3 is 9.47 Å². The maximum absolute atomic E-state index is 11.8. The normalized spacial score (nSPS) is 10.0. The molecule has 0 atom stereocenters. The molecule has 30 heavy (non-hydrogen) atoms. The van der Waals surface area contributed by atoms with Gasteiger partial charge in [-0.05, 0) is 0 Å². The molecule has 0 bridgehead atoms. The highest BCUT2D eigenvalue weighted by molar-refractivity contribution is 6.31. The summed E-state index contributed by atoms with van der Waals surface area (Å²) in [6.45, 7) is 0. The minimum atomic E-state index is -1.81. The van der Waals surface area contributed by atoms with E-state index in [1.54, 1.807) is 0 Å². The number of ether oxygens (including phenoxy) is 2. The second-order valence-electron chi connectivity index (χ2n) is 5.18. The number of benzene rings is 2. The highest BCUT2D eigenvalue weighted by Gasteiger charge is 2.25. The number of non-ortho nitro benzene ring substituents is 4. The average molecular weight is 422 g/mol. The third-order valence-corrected chi connectivity index (χ3v) is 3.18. The molecule has 0 aliphatic carbocycles. The smallest absolute Gasteiger partial charge is 0.418 e. The summed E-state index contributed by atoms with van der Waals surface area (Å²) in [4.78, 5) is 62.8. The Bertz CT molecular complexity index is 960. The van der Waals surface area contributed by atoms with Gasteiger partial charge in [0.15, 0.2) is 0 Å². The van der Waals surface area contributed by atoms with Crippen LogP contribution in [0.3, 0.4) is 0 Å². The summed E-state index contributed by atoms with van der Waals surface area (Å²) in [5.41, 5.74) is -3.24. The van der Waals surface area contributed by atoms with Crippen LogP contribution in [-0.2, 0) is 9.59 Å². The van der Waals surface area contributed by atoms with Crippen LogP contribution in [0.4, 0.5) is 22.7 Å². The van der Waals surface area contributed by atoms with Crippen LogP contribution >= 0.6 is 0 Å². The molecular weight excluding hydrogens is 416 g/mol. The molecule has 0 radical (unpaired) electrons. The second kappa shape index (κ2) is 8.33. The molecule has 16 heteroatoms. The summed E-state index contributed by atoms with van der Waals surface area (Å²) in [5.74, 6) is -5.08. The summed E-state index contributed by atoms with van der Waals surface area (Å²) >= 11 is 0. The first kappa shape index (κ1) is 21.3. The van der Waals surface area contributed by atoms with Crippen molar-refractivity contribution in [2.75, 3.05) is 0 Å². The topological polar surface area (TPSA) is 225 Å². The third-order valence-electron chi connectivity index (χ3n) is 3.18. The number of esters is 2. The van der Waals surface area contributed by atoms with Crippen LogP contribution in [0.5, 0.6) is 11.5 Å². The summed E-state index contributed by atoms with van der Waals surface area (Å²) in [5, 5.41) is 43.2. The van der Waals surface area contributed by atoms with Crippen molar-refractivity contribution >= 4 is 34.7 Å². The summed E-state index contributed by atoms with van der Waals surface area (Å²) in [6.07, 6.45) is 0. The number of nitro groups is 4. The summed E-state index contributed by atoms with van der Waals surface area (Å²) in [7, 11) is 0. The lowest BCUT2D eigenvalue weighted by atomic mass is 10.2. The fourth-order valence-electron chi connectivity index (χ4n) is 1.97. The third kappa shape index (κ3) is 5.03. The maximum atomic E-state index is 11.8. The minimum Gasteiger partial charge on any atom is -0.418 e. The number of carbonyl (C=O) groups excluding carboxylic acids is 2. The fourth-order valence-corrected chi connectivity index (χ4v) is 1.97. The van der Waals surface area contributed by atoms with Crippen molar-refractivity contribution in [2.45, 2.75) is 0 Å². The van der Waals surface area contributed by atoms with E-state index >= 15 is 0 Å².